The van der Waals surface area contributed by atoms with E-state index in [1.807, 2.05) is 0 Å². The van der Waals surface area contributed by atoms with Gasteiger partial charge in [0.2, 0.25) is 5.75 Å². The number of amides is 1. The van der Waals surface area contributed by atoms with Crippen LogP contribution in [0.4, 0.5) is 5.69 Å². The third kappa shape index (κ3) is 2.76. The number of hydrogen-bond acceptors (Lipinski definition) is 5. The van der Waals surface area contributed by atoms with Crippen molar-refractivity contribution < 1.29 is 19.9 Å². The molecule has 1 heterocycles. The molecule has 2 aliphatic rings. The van der Waals surface area contributed by atoms with Crippen LogP contribution in [0.15, 0.2) is 18.2 Å². The summed E-state index contributed by atoms with van der Waals surface area (Å²) < 4.78 is 0. The largest absolute Gasteiger partial charge is 0.502 e. The third-order valence-corrected chi connectivity index (χ3v) is 5.16. The van der Waals surface area contributed by atoms with Gasteiger partial charge in [0, 0.05) is 25.1 Å². The van der Waals surface area contributed by atoms with Crippen molar-refractivity contribution in [2.45, 2.75) is 37.7 Å². The molecular weight excluding hydrogens is 300 g/mol. The summed E-state index contributed by atoms with van der Waals surface area (Å²) >= 11 is 0. The number of aromatic hydroxyl groups is 1. The summed E-state index contributed by atoms with van der Waals surface area (Å²) in [5.74, 6) is -0.972. The first-order valence-electron chi connectivity index (χ1n) is 7.90. The lowest BCUT2D eigenvalue weighted by atomic mass is 9.71. The highest BCUT2D eigenvalue weighted by Gasteiger charge is 2.44. The number of carbonyl (C=O) groups excluding carboxylic acids is 1. The minimum Gasteiger partial charge on any atom is -0.502 e. The molecule has 23 heavy (non-hydrogen) atoms. The van der Waals surface area contributed by atoms with Crippen LogP contribution in [-0.2, 0) is 0 Å². The third-order valence-electron chi connectivity index (χ3n) is 5.16. The van der Waals surface area contributed by atoms with Crippen molar-refractivity contribution in [1.82, 2.24) is 4.90 Å². The number of rotatable bonds is 2. The average Bonchev–Trinajstić information content (AvgIpc) is 2.53. The van der Waals surface area contributed by atoms with Gasteiger partial charge in [-0.1, -0.05) is 18.9 Å². The Morgan fingerprint density at radius 3 is 2.87 bits per heavy atom. The summed E-state index contributed by atoms with van der Waals surface area (Å²) in [6.07, 6.45) is 4.20. The zero-order valence-electron chi connectivity index (χ0n) is 12.8. The summed E-state index contributed by atoms with van der Waals surface area (Å²) in [6, 6.07) is 3.96. The molecule has 1 saturated carbocycles. The van der Waals surface area contributed by atoms with Crippen LogP contribution >= 0.6 is 0 Å². The van der Waals surface area contributed by atoms with Gasteiger partial charge in [0.15, 0.2) is 0 Å². The molecule has 0 bridgehead atoms. The Labute approximate surface area is 133 Å². The van der Waals surface area contributed by atoms with Crippen LogP contribution in [0.1, 0.15) is 42.5 Å². The van der Waals surface area contributed by atoms with Gasteiger partial charge in [-0.15, -0.1) is 0 Å². The number of nitro groups is 1. The second kappa shape index (κ2) is 5.81. The summed E-state index contributed by atoms with van der Waals surface area (Å²) in [6.45, 7) is 0.825. The van der Waals surface area contributed by atoms with Crippen LogP contribution in [0.5, 0.6) is 5.75 Å². The van der Waals surface area contributed by atoms with Crippen molar-refractivity contribution in [3.05, 3.63) is 33.9 Å². The van der Waals surface area contributed by atoms with E-state index in [0.717, 1.165) is 25.7 Å². The first kappa shape index (κ1) is 15.7. The van der Waals surface area contributed by atoms with Gasteiger partial charge in [0.05, 0.1) is 16.1 Å². The van der Waals surface area contributed by atoms with Crippen molar-refractivity contribution >= 4 is 11.6 Å². The van der Waals surface area contributed by atoms with Crippen molar-refractivity contribution in [1.29, 1.82) is 0 Å². The number of carbonyl (C=O) groups is 1. The van der Waals surface area contributed by atoms with Crippen LogP contribution in [0.2, 0.25) is 0 Å². The number of hydrogen-bond donors (Lipinski definition) is 2. The van der Waals surface area contributed by atoms with Crippen molar-refractivity contribution in [2.75, 3.05) is 13.1 Å². The number of fused-ring (bicyclic) bond motifs is 1. The molecule has 0 spiro atoms. The average molecular weight is 320 g/mol. The summed E-state index contributed by atoms with van der Waals surface area (Å²) in [4.78, 5) is 24.4. The van der Waals surface area contributed by atoms with E-state index >= 15 is 0 Å². The lowest BCUT2D eigenvalue weighted by Crippen LogP contribution is -2.54. The number of phenols is 1. The second-order valence-corrected chi connectivity index (χ2v) is 6.48. The van der Waals surface area contributed by atoms with Gasteiger partial charge in [-0.2, -0.15) is 0 Å². The molecule has 3 rings (SSSR count). The summed E-state index contributed by atoms with van der Waals surface area (Å²) in [7, 11) is 0. The number of likely N-dealkylation sites (tertiary alicyclic amines) is 1. The predicted molar refractivity (Wildman–Crippen MR) is 82.2 cm³/mol. The van der Waals surface area contributed by atoms with E-state index in [2.05, 4.69) is 0 Å². The maximum absolute atomic E-state index is 12.6. The van der Waals surface area contributed by atoms with Crippen molar-refractivity contribution in [3.63, 3.8) is 0 Å². The first-order chi connectivity index (χ1) is 10.9. The highest BCUT2D eigenvalue weighted by molar-refractivity contribution is 5.98. The second-order valence-electron chi connectivity index (χ2n) is 6.48. The van der Waals surface area contributed by atoms with Gasteiger partial charge in [-0.05, 0) is 25.3 Å². The van der Waals surface area contributed by atoms with Crippen LogP contribution in [-0.4, -0.2) is 44.6 Å². The van der Waals surface area contributed by atoms with Gasteiger partial charge in [-0.3, -0.25) is 14.9 Å². The van der Waals surface area contributed by atoms with Gasteiger partial charge >= 0.3 is 5.69 Å². The number of aliphatic hydroxyl groups is 1. The molecule has 0 aromatic heterocycles. The van der Waals surface area contributed by atoms with Gasteiger partial charge in [-0.25, -0.2) is 0 Å². The van der Waals surface area contributed by atoms with Crippen LogP contribution in [0, 0.1) is 16.0 Å². The Morgan fingerprint density at radius 1 is 1.35 bits per heavy atom. The minimum atomic E-state index is -0.706. The Morgan fingerprint density at radius 2 is 2.13 bits per heavy atom. The molecule has 1 aromatic carbocycles. The van der Waals surface area contributed by atoms with Crippen LogP contribution < -0.4 is 0 Å². The first-order valence-corrected chi connectivity index (χ1v) is 7.90. The SMILES string of the molecule is O=C(c1cccc([N+](=O)[O-])c1O)N1CCC2(O)CCCCC2C1. The smallest absolute Gasteiger partial charge is 0.311 e. The molecule has 0 radical (unpaired) electrons. The number of nitrogens with zero attached hydrogens (tertiary/aromatic N) is 2. The lowest BCUT2D eigenvalue weighted by molar-refractivity contribution is -0.385. The molecule has 1 aliphatic carbocycles. The minimum absolute atomic E-state index is 0.0368. The summed E-state index contributed by atoms with van der Waals surface area (Å²) in [5.41, 5.74) is -1.22. The van der Waals surface area contributed by atoms with E-state index in [4.69, 9.17) is 0 Å². The fourth-order valence-electron chi connectivity index (χ4n) is 3.78. The number of para-hydroxylation sites is 1. The molecule has 1 saturated heterocycles. The van der Waals surface area contributed by atoms with Crippen LogP contribution in [0.3, 0.4) is 0 Å². The molecule has 1 aromatic rings. The molecule has 1 aliphatic heterocycles. The van der Waals surface area contributed by atoms with E-state index in [1.165, 1.54) is 18.2 Å². The number of nitro benzene ring substituents is 1. The molecule has 124 valence electrons. The normalized spacial score (nSPS) is 27.3. The Bertz CT molecular complexity index is 647. The zero-order valence-corrected chi connectivity index (χ0v) is 12.8. The molecule has 7 heteroatoms. The highest BCUT2D eigenvalue weighted by atomic mass is 16.6. The maximum Gasteiger partial charge on any atom is 0.311 e. The highest BCUT2D eigenvalue weighted by Crippen LogP contribution is 2.40. The molecule has 2 unspecified atom stereocenters. The molecule has 2 fully saturated rings. The topological polar surface area (TPSA) is 104 Å². The van der Waals surface area contributed by atoms with E-state index in [9.17, 15) is 25.1 Å². The Balaban J connectivity index is 1.82. The van der Waals surface area contributed by atoms with Crippen molar-refractivity contribution in [2.24, 2.45) is 5.92 Å². The van der Waals surface area contributed by atoms with Gasteiger partial charge < -0.3 is 15.1 Å². The molecule has 2 atom stereocenters. The van der Waals surface area contributed by atoms with Gasteiger partial charge in [0.25, 0.3) is 5.91 Å². The van der Waals surface area contributed by atoms with E-state index in [1.54, 1.807) is 4.90 Å². The van der Waals surface area contributed by atoms with E-state index in [-0.39, 0.29) is 11.5 Å². The van der Waals surface area contributed by atoms with Gasteiger partial charge in [0.1, 0.15) is 0 Å². The molecule has 1 amide bonds. The Kier molecular flexibility index (Phi) is 3.97. The fraction of sp³-hybridized carbons (Fsp3) is 0.562. The summed E-state index contributed by atoms with van der Waals surface area (Å²) in [5, 5.41) is 31.6. The number of benzene rings is 1. The standard InChI is InChI=1S/C16H20N2O5/c19-14-12(5-3-6-13(14)18(22)23)15(20)17-9-8-16(21)7-2-1-4-11(16)10-17/h3,5-6,11,19,21H,1-2,4,7-10H2. The quantitative estimate of drug-likeness (QED) is 0.641. The number of piperidine rings is 1. The Hall–Kier alpha value is -2.15. The monoisotopic (exact) mass is 320 g/mol. The molecule has 7 nitrogen and oxygen atoms in total. The number of phenolic OH excluding ortho intramolecular Hbond substituents is 1. The predicted octanol–water partition coefficient (Wildman–Crippen LogP) is 2.07. The van der Waals surface area contributed by atoms with E-state index in [0.29, 0.717) is 19.5 Å². The van der Waals surface area contributed by atoms with Crippen LogP contribution in [0.25, 0.3) is 0 Å². The molecular formula is C16H20N2O5. The van der Waals surface area contributed by atoms with E-state index < -0.39 is 27.9 Å². The molecule has 2 N–H and O–H groups in total. The maximum atomic E-state index is 12.6. The lowest BCUT2D eigenvalue weighted by Gasteiger charge is -2.47. The van der Waals surface area contributed by atoms with Crippen molar-refractivity contribution in [3.8, 4) is 5.75 Å². The zero-order chi connectivity index (χ0) is 16.6. The fourth-order valence-corrected chi connectivity index (χ4v) is 3.78.